The van der Waals surface area contributed by atoms with Gasteiger partial charge in [0.15, 0.2) is 11.5 Å². The highest BCUT2D eigenvalue weighted by Gasteiger charge is 2.13. The summed E-state index contributed by atoms with van der Waals surface area (Å²) in [6, 6.07) is 7.18. The van der Waals surface area contributed by atoms with E-state index in [1.807, 2.05) is 6.07 Å². The molecule has 0 atom stereocenters. The van der Waals surface area contributed by atoms with Gasteiger partial charge in [-0.25, -0.2) is 0 Å². The average molecular weight is 272 g/mol. The van der Waals surface area contributed by atoms with Crippen molar-refractivity contribution in [3.8, 4) is 34.3 Å². The van der Waals surface area contributed by atoms with Crippen LogP contribution >= 0.6 is 0 Å². The van der Waals surface area contributed by atoms with E-state index in [1.54, 1.807) is 44.9 Å². The summed E-state index contributed by atoms with van der Waals surface area (Å²) >= 11 is 0. The first-order chi connectivity index (χ1) is 9.81. The van der Waals surface area contributed by atoms with Gasteiger partial charge in [-0.2, -0.15) is 4.98 Å². The molecule has 2 heterocycles. The molecule has 0 spiro atoms. The first-order valence-electron chi connectivity index (χ1n) is 5.90. The van der Waals surface area contributed by atoms with Crippen LogP contribution in [0.5, 0.6) is 11.5 Å². The zero-order valence-electron chi connectivity index (χ0n) is 11.0. The van der Waals surface area contributed by atoms with E-state index in [0.717, 1.165) is 11.1 Å². The van der Waals surface area contributed by atoms with Crippen molar-refractivity contribution in [3.05, 3.63) is 36.8 Å². The zero-order valence-corrected chi connectivity index (χ0v) is 11.0. The summed E-state index contributed by atoms with van der Waals surface area (Å²) in [5.74, 6) is 2.14. The lowest BCUT2D eigenvalue weighted by Crippen LogP contribution is -1.91. The van der Waals surface area contributed by atoms with Gasteiger partial charge in [0, 0.05) is 5.56 Å². The van der Waals surface area contributed by atoms with Crippen molar-refractivity contribution in [2.24, 2.45) is 0 Å². The smallest absolute Gasteiger partial charge is 0.261 e. The summed E-state index contributed by atoms with van der Waals surface area (Å²) in [5, 5.41) is 3.95. The molecule has 0 unspecified atom stereocenters. The number of ether oxygens (including phenoxy) is 2. The topological polar surface area (TPSA) is 70.5 Å². The molecule has 0 aliphatic rings. The molecule has 0 radical (unpaired) electrons. The van der Waals surface area contributed by atoms with Crippen molar-refractivity contribution >= 4 is 0 Å². The van der Waals surface area contributed by atoms with Gasteiger partial charge in [0.05, 0.1) is 26.0 Å². The fourth-order valence-corrected chi connectivity index (χ4v) is 1.82. The number of hydrogen-bond donors (Lipinski definition) is 0. The van der Waals surface area contributed by atoms with Crippen LogP contribution in [-0.2, 0) is 0 Å². The van der Waals surface area contributed by atoms with Gasteiger partial charge < -0.3 is 18.4 Å². The van der Waals surface area contributed by atoms with Gasteiger partial charge in [0.25, 0.3) is 5.89 Å². The van der Waals surface area contributed by atoms with Crippen LogP contribution < -0.4 is 9.47 Å². The first-order valence-corrected chi connectivity index (χ1v) is 5.90. The molecular formula is C14H12N2O4. The predicted molar refractivity (Wildman–Crippen MR) is 70.5 cm³/mol. The predicted octanol–water partition coefficient (Wildman–Crippen LogP) is 3.01. The Morgan fingerprint density at radius 1 is 1.00 bits per heavy atom. The Kier molecular flexibility index (Phi) is 3.12. The highest BCUT2D eigenvalue weighted by atomic mass is 16.5. The van der Waals surface area contributed by atoms with Crippen LogP contribution in [0.4, 0.5) is 0 Å². The third-order valence-corrected chi connectivity index (χ3v) is 2.84. The number of benzene rings is 1. The zero-order chi connectivity index (χ0) is 13.9. The number of furan rings is 1. The molecule has 6 heteroatoms. The highest BCUT2D eigenvalue weighted by Crippen LogP contribution is 2.31. The molecule has 0 N–H and O–H groups in total. The van der Waals surface area contributed by atoms with Crippen LogP contribution in [0.25, 0.3) is 22.8 Å². The van der Waals surface area contributed by atoms with E-state index >= 15 is 0 Å². The van der Waals surface area contributed by atoms with Gasteiger partial charge in [-0.3, -0.25) is 0 Å². The lowest BCUT2D eigenvalue weighted by atomic mass is 10.2. The average Bonchev–Trinajstić information content (AvgIpc) is 3.16. The summed E-state index contributed by atoms with van der Waals surface area (Å²) < 4.78 is 20.6. The Balaban J connectivity index is 1.97. The Morgan fingerprint density at radius 3 is 2.55 bits per heavy atom. The minimum atomic E-state index is 0.406. The Bertz CT molecular complexity index is 704. The van der Waals surface area contributed by atoms with Crippen LogP contribution in [0.2, 0.25) is 0 Å². The van der Waals surface area contributed by atoms with Crippen LogP contribution in [-0.4, -0.2) is 24.4 Å². The van der Waals surface area contributed by atoms with Gasteiger partial charge in [-0.1, -0.05) is 5.16 Å². The first kappa shape index (κ1) is 12.3. The number of methoxy groups -OCH3 is 2. The van der Waals surface area contributed by atoms with E-state index in [-0.39, 0.29) is 0 Å². The normalized spacial score (nSPS) is 10.5. The second kappa shape index (κ2) is 5.08. The molecule has 3 rings (SSSR count). The molecule has 6 nitrogen and oxygen atoms in total. The van der Waals surface area contributed by atoms with Crippen molar-refractivity contribution in [2.45, 2.75) is 0 Å². The Hall–Kier alpha value is -2.76. The fourth-order valence-electron chi connectivity index (χ4n) is 1.82. The molecule has 0 saturated carbocycles. The van der Waals surface area contributed by atoms with Gasteiger partial charge in [0.1, 0.15) is 6.26 Å². The molecule has 102 valence electrons. The van der Waals surface area contributed by atoms with Gasteiger partial charge in [-0.05, 0) is 24.3 Å². The lowest BCUT2D eigenvalue weighted by Gasteiger charge is -2.07. The van der Waals surface area contributed by atoms with Crippen LogP contribution in [0.1, 0.15) is 0 Å². The van der Waals surface area contributed by atoms with Crippen LogP contribution in [0.15, 0.2) is 45.7 Å². The molecule has 0 saturated heterocycles. The lowest BCUT2D eigenvalue weighted by molar-refractivity contribution is 0.355. The molecule has 0 fully saturated rings. The van der Waals surface area contributed by atoms with E-state index in [0.29, 0.717) is 23.2 Å². The molecule has 0 bridgehead atoms. The standard InChI is InChI=1S/C14H12N2O4/c1-17-11-4-3-9(7-12(11)18-2)13-15-14(20-16-13)10-5-6-19-8-10/h3-8H,1-2H3. The van der Waals surface area contributed by atoms with Crippen molar-refractivity contribution in [1.82, 2.24) is 10.1 Å². The quantitative estimate of drug-likeness (QED) is 0.727. The van der Waals surface area contributed by atoms with E-state index in [4.69, 9.17) is 18.4 Å². The second-order valence-corrected chi connectivity index (χ2v) is 4.00. The summed E-state index contributed by atoms with van der Waals surface area (Å²) in [6.45, 7) is 0. The molecule has 1 aromatic carbocycles. The van der Waals surface area contributed by atoms with Crippen molar-refractivity contribution in [3.63, 3.8) is 0 Å². The molecule has 2 aromatic heterocycles. The maximum atomic E-state index is 5.25. The Morgan fingerprint density at radius 2 is 1.85 bits per heavy atom. The number of nitrogens with zero attached hydrogens (tertiary/aromatic N) is 2. The minimum Gasteiger partial charge on any atom is -0.493 e. The van der Waals surface area contributed by atoms with Crippen molar-refractivity contribution in [1.29, 1.82) is 0 Å². The van der Waals surface area contributed by atoms with Gasteiger partial charge >= 0.3 is 0 Å². The number of hydrogen-bond acceptors (Lipinski definition) is 6. The SMILES string of the molecule is COc1ccc(-c2noc(-c3ccoc3)n2)cc1OC. The molecule has 3 aromatic rings. The van der Waals surface area contributed by atoms with Gasteiger partial charge in [0.2, 0.25) is 5.82 Å². The van der Waals surface area contributed by atoms with E-state index < -0.39 is 0 Å². The second-order valence-electron chi connectivity index (χ2n) is 4.00. The summed E-state index contributed by atoms with van der Waals surface area (Å²) in [4.78, 5) is 4.32. The fraction of sp³-hybridized carbons (Fsp3) is 0.143. The summed E-state index contributed by atoms with van der Waals surface area (Å²) in [6.07, 6.45) is 3.10. The maximum Gasteiger partial charge on any atom is 0.261 e. The third kappa shape index (κ3) is 2.11. The summed E-state index contributed by atoms with van der Waals surface area (Å²) in [5.41, 5.74) is 1.52. The van der Waals surface area contributed by atoms with Gasteiger partial charge in [-0.15, -0.1) is 0 Å². The molecule has 0 aliphatic heterocycles. The Labute approximate surface area is 114 Å². The van der Waals surface area contributed by atoms with Crippen LogP contribution in [0, 0.1) is 0 Å². The van der Waals surface area contributed by atoms with E-state index in [1.165, 1.54) is 0 Å². The molecule has 0 amide bonds. The highest BCUT2D eigenvalue weighted by molar-refractivity contribution is 5.63. The molecule has 20 heavy (non-hydrogen) atoms. The van der Waals surface area contributed by atoms with Crippen molar-refractivity contribution in [2.75, 3.05) is 14.2 Å². The monoisotopic (exact) mass is 272 g/mol. The molecular weight excluding hydrogens is 260 g/mol. The molecule has 0 aliphatic carbocycles. The van der Waals surface area contributed by atoms with E-state index in [2.05, 4.69) is 10.1 Å². The summed E-state index contributed by atoms with van der Waals surface area (Å²) in [7, 11) is 3.16. The van der Waals surface area contributed by atoms with E-state index in [9.17, 15) is 0 Å². The maximum absolute atomic E-state index is 5.25. The van der Waals surface area contributed by atoms with Crippen LogP contribution in [0.3, 0.4) is 0 Å². The largest absolute Gasteiger partial charge is 0.493 e. The number of rotatable bonds is 4. The van der Waals surface area contributed by atoms with Crippen molar-refractivity contribution < 1.29 is 18.4 Å². The minimum absolute atomic E-state index is 0.406. The third-order valence-electron chi connectivity index (χ3n) is 2.84. The number of aromatic nitrogens is 2.